The van der Waals surface area contributed by atoms with Crippen LogP contribution >= 0.6 is 0 Å². The zero-order chi connectivity index (χ0) is 16.1. The number of aliphatic hydroxyl groups is 3. The van der Waals surface area contributed by atoms with E-state index in [2.05, 4.69) is 21.9 Å². The second-order valence-electron chi connectivity index (χ2n) is 5.43. The van der Waals surface area contributed by atoms with Gasteiger partial charge in [0.1, 0.15) is 26.0 Å². The van der Waals surface area contributed by atoms with Gasteiger partial charge < -0.3 is 15.3 Å². The van der Waals surface area contributed by atoms with E-state index in [1.54, 1.807) is 0 Å². The molecule has 2 rings (SSSR count). The summed E-state index contributed by atoms with van der Waals surface area (Å²) >= 11 is 0. The molecule has 0 radical (unpaired) electrons. The van der Waals surface area contributed by atoms with Gasteiger partial charge in [0.15, 0.2) is 0 Å². The highest BCUT2D eigenvalue weighted by Crippen LogP contribution is 2.37. The van der Waals surface area contributed by atoms with Crippen LogP contribution in [-0.2, 0) is 4.84 Å². The summed E-state index contributed by atoms with van der Waals surface area (Å²) in [6, 6.07) is 0. The van der Waals surface area contributed by atoms with Crippen molar-refractivity contribution < 1.29 is 20.2 Å². The first-order valence-corrected chi connectivity index (χ1v) is 7.28. The molecule has 0 saturated heterocycles. The molecule has 1 heterocycles. The molecule has 22 heavy (non-hydrogen) atoms. The lowest BCUT2D eigenvalue weighted by atomic mass is 10.1. The molecule has 0 aliphatic heterocycles. The van der Waals surface area contributed by atoms with Gasteiger partial charge in [0.25, 0.3) is 5.95 Å². The van der Waals surface area contributed by atoms with E-state index in [0.717, 1.165) is 24.3 Å². The molecule has 9 heteroatoms. The van der Waals surface area contributed by atoms with Crippen molar-refractivity contribution in [2.75, 3.05) is 37.3 Å². The molecule has 2 unspecified atom stereocenters. The molecule has 0 bridgehead atoms. The monoisotopic (exact) mass is 313 g/mol. The molecule has 9 nitrogen and oxygen atoms in total. The summed E-state index contributed by atoms with van der Waals surface area (Å²) in [4.78, 5) is 19.1. The number of hydroxylamine groups is 1. The molecule has 3 N–H and O–H groups in total. The lowest BCUT2D eigenvalue weighted by Crippen LogP contribution is -2.31. The highest BCUT2D eigenvalue weighted by Gasteiger charge is 2.27. The highest BCUT2D eigenvalue weighted by molar-refractivity contribution is 5.37. The van der Waals surface area contributed by atoms with Gasteiger partial charge in [0.05, 0.1) is 7.11 Å². The largest absolute Gasteiger partial charge is 0.376 e. The summed E-state index contributed by atoms with van der Waals surface area (Å²) in [5, 5.41) is 29.0. The standard InChI is InChI=1S/C13H23N5O4/c1-9-3-4-10(5-9)11-14-12(17(6-19)7-20)16-13(15-11)18(8-21)22-2/h9-10,19-21H,3-8H2,1-2H3. The Kier molecular flexibility index (Phi) is 5.83. The van der Waals surface area contributed by atoms with Crippen molar-refractivity contribution in [2.24, 2.45) is 5.92 Å². The molecule has 1 aromatic rings. The first kappa shape index (κ1) is 16.8. The topological polar surface area (TPSA) is 115 Å². The Morgan fingerprint density at radius 3 is 2.23 bits per heavy atom. The number of aliphatic hydroxyl groups excluding tert-OH is 3. The van der Waals surface area contributed by atoms with Crippen LogP contribution < -0.4 is 9.96 Å². The maximum atomic E-state index is 9.31. The molecule has 1 fully saturated rings. The van der Waals surface area contributed by atoms with E-state index in [-0.39, 0.29) is 17.8 Å². The summed E-state index contributed by atoms with van der Waals surface area (Å²) in [6.07, 6.45) is 3.07. The van der Waals surface area contributed by atoms with Crippen LogP contribution in [0.1, 0.15) is 37.9 Å². The molecule has 2 atom stereocenters. The molecular weight excluding hydrogens is 290 g/mol. The Hall–Kier alpha value is -1.55. The van der Waals surface area contributed by atoms with Gasteiger partial charge in [-0.05, 0) is 25.2 Å². The Balaban J connectivity index is 2.39. The Bertz CT molecular complexity index is 451. The van der Waals surface area contributed by atoms with Crippen molar-refractivity contribution in [3.63, 3.8) is 0 Å². The Morgan fingerprint density at radius 1 is 1.05 bits per heavy atom. The molecule has 1 aliphatic rings. The van der Waals surface area contributed by atoms with Gasteiger partial charge >= 0.3 is 0 Å². The number of nitrogens with zero attached hydrogens (tertiary/aromatic N) is 5. The molecule has 124 valence electrons. The lowest BCUT2D eigenvalue weighted by molar-refractivity contribution is 0.0970. The predicted molar refractivity (Wildman–Crippen MR) is 78.8 cm³/mol. The number of rotatable bonds is 7. The Labute approximate surface area is 129 Å². The smallest absolute Gasteiger partial charge is 0.257 e. The van der Waals surface area contributed by atoms with Gasteiger partial charge in [-0.15, -0.1) is 0 Å². The quantitative estimate of drug-likeness (QED) is 0.465. The van der Waals surface area contributed by atoms with E-state index in [1.165, 1.54) is 12.0 Å². The van der Waals surface area contributed by atoms with Crippen LogP contribution in [0.2, 0.25) is 0 Å². The number of anilines is 2. The van der Waals surface area contributed by atoms with Crippen molar-refractivity contribution in [3.8, 4) is 0 Å². The minimum Gasteiger partial charge on any atom is -0.376 e. The van der Waals surface area contributed by atoms with Gasteiger partial charge in [-0.3, -0.25) is 9.74 Å². The predicted octanol–water partition coefficient (Wildman–Crippen LogP) is -0.201. The zero-order valence-corrected chi connectivity index (χ0v) is 12.9. The summed E-state index contributed by atoms with van der Waals surface area (Å²) in [5.41, 5.74) is 0. The summed E-state index contributed by atoms with van der Waals surface area (Å²) in [6.45, 7) is 0.920. The van der Waals surface area contributed by atoms with Crippen LogP contribution in [0.5, 0.6) is 0 Å². The molecule has 1 saturated carbocycles. The third-order valence-corrected chi connectivity index (χ3v) is 3.89. The fourth-order valence-corrected chi connectivity index (χ4v) is 2.62. The normalized spacial score (nSPS) is 21.1. The van der Waals surface area contributed by atoms with E-state index in [1.807, 2.05) is 0 Å². The second-order valence-corrected chi connectivity index (χ2v) is 5.43. The summed E-state index contributed by atoms with van der Waals surface area (Å²) in [7, 11) is 1.40. The van der Waals surface area contributed by atoms with Crippen molar-refractivity contribution in [1.82, 2.24) is 15.0 Å². The number of hydrogen-bond acceptors (Lipinski definition) is 9. The molecule has 0 aromatic carbocycles. The fourth-order valence-electron chi connectivity index (χ4n) is 2.62. The molecule has 1 aromatic heterocycles. The summed E-state index contributed by atoms with van der Waals surface area (Å²) in [5.74, 6) is 1.70. The van der Waals surface area contributed by atoms with Crippen LogP contribution in [-0.4, -0.2) is 57.6 Å². The first-order valence-electron chi connectivity index (χ1n) is 7.28. The second kappa shape index (κ2) is 7.63. The van der Waals surface area contributed by atoms with Gasteiger partial charge in [-0.2, -0.15) is 20.0 Å². The van der Waals surface area contributed by atoms with E-state index in [9.17, 15) is 15.3 Å². The number of hydrogen-bond donors (Lipinski definition) is 3. The Morgan fingerprint density at radius 2 is 1.73 bits per heavy atom. The van der Waals surface area contributed by atoms with Crippen molar-refractivity contribution >= 4 is 11.9 Å². The van der Waals surface area contributed by atoms with Gasteiger partial charge in [-0.1, -0.05) is 6.92 Å². The zero-order valence-electron chi connectivity index (χ0n) is 12.9. The van der Waals surface area contributed by atoms with Crippen molar-refractivity contribution in [3.05, 3.63) is 5.82 Å². The SMILES string of the molecule is CON(CO)c1nc(C2CCC(C)C2)nc(N(CO)CO)n1. The van der Waals surface area contributed by atoms with Crippen LogP contribution in [0.3, 0.4) is 0 Å². The molecule has 1 aliphatic carbocycles. The van der Waals surface area contributed by atoms with Crippen LogP contribution in [0.25, 0.3) is 0 Å². The van der Waals surface area contributed by atoms with Gasteiger partial charge in [0, 0.05) is 5.92 Å². The highest BCUT2D eigenvalue weighted by atomic mass is 16.7. The summed E-state index contributed by atoms with van der Waals surface area (Å²) < 4.78 is 0. The molecule has 0 amide bonds. The van der Waals surface area contributed by atoms with Crippen molar-refractivity contribution in [2.45, 2.75) is 32.1 Å². The van der Waals surface area contributed by atoms with E-state index in [0.29, 0.717) is 11.7 Å². The first-order chi connectivity index (χ1) is 10.6. The van der Waals surface area contributed by atoms with Crippen LogP contribution in [0.4, 0.5) is 11.9 Å². The van der Waals surface area contributed by atoms with E-state index >= 15 is 0 Å². The molecular formula is C13H23N5O4. The van der Waals surface area contributed by atoms with E-state index in [4.69, 9.17) is 4.84 Å². The lowest BCUT2D eigenvalue weighted by Gasteiger charge is -2.22. The average molecular weight is 313 g/mol. The van der Waals surface area contributed by atoms with Crippen LogP contribution in [0, 0.1) is 5.92 Å². The molecule has 0 spiro atoms. The fraction of sp³-hybridized carbons (Fsp3) is 0.769. The minimum atomic E-state index is -0.424. The van der Waals surface area contributed by atoms with E-state index < -0.39 is 20.2 Å². The average Bonchev–Trinajstić information content (AvgIpc) is 2.96. The van der Waals surface area contributed by atoms with Gasteiger partial charge in [-0.25, -0.2) is 0 Å². The maximum absolute atomic E-state index is 9.31. The maximum Gasteiger partial charge on any atom is 0.257 e. The third kappa shape index (κ3) is 3.61. The van der Waals surface area contributed by atoms with Crippen LogP contribution in [0.15, 0.2) is 0 Å². The minimum absolute atomic E-state index is 0.149. The number of aromatic nitrogens is 3. The van der Waals surface area contributed by atoms with Gasteiger partial charge in [0.2, 0.25) is 5.95 Å². The van der Waals surface area contributed by atoms with Crippen molar-refractivity contribution in [1.29, 1.82) is 0 Å². The third-order valence-electron chi connectivity index (χ3n) is 3.89.